The van der Waals surface area contributed by atoms with E-state index in [9.17, 15) is 4.79 Å². The quantitative estimate of drug-likeness (QED) is 0.393. The number of fused-ring (bicyclic) bond motifs is 5. The summed E-state index contributed by atoms with van der Waals surface area (Å²) in [5.74, 6) is 4.91. The first-order valence-electron chi connectivity index (χ1n) is 10.1. The average Bonchev–Trinajstić information content (AvgIpc) is 3.19. The molecule has 0 aromatic heterocycles. The van der Waals surface area contributed by atoms with Crippen LogP contribution in [0.4, 0.5) is 0 Å². The monoisotopic (exact) mass is 336 g/mol. The van der Waals surface area contributed by atoms with Crippen molar-refractivity contribution in [3.63, 3.8) is 0 Å². The third-order valence-electron chi connectivity index (χ3n) is 7.00. The number of hydrogen-bond donors (Lipinski definition) is 0. The van der Waals surface area contributed by atoms with Crippen LogP contribution in [0.2, 0.25) is 0 Å². The van der Waals surface area contributed by atoms with Gasteiger partial charge < -0.3 is 9.47 Å². The average molecular weight is 337 g/mol. The molecule has 3 rings (SSSR count). The van der Waals surface area contributed by atoms with E-state index < -0.39 is 0 Å². The molecular formula is C21H36O3. The number of hydrogen-bond acceptors (Lipinski definition) is 3. The highest BCUT2D eigenvalue weighted by molar-refractivity contribution is 5.73. The molecule has 3 fully saturated rings. The number of carbonyl (C=O) groups is 1. The molecule has 3 saturated carbocycles. The van der Waals surface area contributed by atoms with Crippen LogP contribution in [0.25, 0.3) is 0 Å². The number of ether oxygens (including phenoxy) is 2. The zero-order valence-electron chi connectivity index (χ0n) is 16.2. The van der Waals surface area contributed by atoms with Gasteiger partial charge in [0.1, 0.15) is 0 Å². The third-order valence-corrected chi connectivity index (χ3v) is 7.00. The van der Waals surface area contributed by atoms with Crippen molar-refractivity contribution in [3.05, 3.63) is 0 Å². The molecule has 138 valence electrons. The smallest absolute Gasteiger partial charge is 0.311 e. The van der Waals surface area contributed by atoms with E-state index in [4.69, 9.17) is 9.47 Å². The number of esters is 1. The zero-order valence-corrected chi connectivity index (χ0v) is 16.2. The second kappa shape index (κ2) is 6.97. The van der Waals surface area contributed by atoms with Crippen LogP contribution in [0.1, 0.15) is 66.7 Å². The van der Waals surface area contributed by atoms with E-state index in [-0.39, 0.29) is 24.1 Å². The molecule has 2 bridgehead atoms. The van der Waals surface area contributed by atoms with Gasteiger partial charge in [0.05, 0.1) is 12.5 Å². The molecule has 0 saturated heterocycles. The van der Waals surface area contributed by atoms with Gasteiger partial charge in [-0.15, -0.1) is 0 Å². The van der Waals surface area contributed by atoms with Crippen molar-refractivity contribution < 1.29 is 14.3 Å². The van der Waals surface area contributed by atoms with Crippen molar-refractivity contribution >= 4 is 5.97 Å². The molecule has 3 nitrogen and oxygen atoms in total. The van der Waals surface area contributed by atoms with Gasteiger partial charge in [0.25, 0.3) is 0 Å². The molecule has 0 aromatic rings. The lowest BCUT2D eigenvalue weighted by Crippen LogP contribution is -2.35. The molecule has 0 spiro atoms. The fourth-order valence-corrected chi connectivity index (χ4v) is 6.22. The van der Waals surface area contributed by atoms with Crippen molar-refractivity contribution in [2.24, 2.45) is 46.8 Å². The predicted molar refractivity (Wildman–Crippen MR) is 95.2 cm³/mol. The highest BCUT2D eigenvalue weighted by Crippen LogP contribution is 2.65. The summed E-state index contributed by atoms with van der Waals surface area (Å²) in [6, 6.07) is 0. The lowest BCUT2D eigenvalue weighted by Gasteiger charge is -2.34. The number of carbonyl (C=O) groups excluding carboxylic acids is 1. The fourth-order valence-electron chi connectivity index (χ4n) is 6.22. The Morgan fingerprint density at radius 3 is 2.29 bits per heavy atom. The van der Waals surface area contributed by atoms with E-state index in [1.54, 1.807) is 0 Å². The summed E-state index contributed by atoms with van der Waals surface area (Å²) in [5.41, 5.74) is 0.111. The Kier molecular flexibility index (Phi) is 5.30. The summed E-state index contributed by atoms with van der Waals surface area (Å²) in [6.07, 6.45) is 6.32. The first-order chi connectivity index (χ1) is 11.4. The Morgan fingerprint density at radius 2 is 1.67 bits per heavy atom. The van der Waals surface area contributed by atoms with Crippen LogP contribution in [0.5, 0.6) is 0 Å². The molecule has 7 unspecified atom stereocenters. The molecule has 3 aliphatic carbocycles. The van der Waals surface area contributed by atoms with E-state index in [2.05, 4.69) is 34.6 Å². The maximum Gasteiger partial charge on any atom is 0.311 e. The number of rotatable bonds is 6. The summed E-state index contributed by atoms with van der Waals surface area (Å²) >= 11 is 0. The van der Waals surface area contributed by atoms with E-state index in [1.807, 2.05) is 0 Å². The van der Waals surface area contributed by atoms with Crippen molar-refractivity contribution in [2.75, 3.05) is 13.4 Å². The highest BCUT2D eigenvalue weighted by atomic mass is 16.7. The lowest BCUT2D eigenvalue weighted by molar-refractivity contribution is -0.166. The maximum absolute atomic E-state index is 12.6. The van der Waals surface area contributed by atoms with Crippen molar-refractivity contribution in [3.8, 4) is 0 Å². The highest BCUT2D eigenvalue weighted by Gasteiger charge is 2.61. The van der Waals surface area contributed by atoms with E-state index in [0.717, 1.165) is 36.0 Å². The van der Waals surface area contributed by atoms with E-state index in [0.29, 0.717) is 12.5 Å². The van der Waals surface area contributed by atoms with Crippen molar-refractivity contribution in [1.29, 1.82) is 0 Å². The van der Waals surface area contributed by atoms with Crippen LogP contribution in [0.15, 0.2) is 0 Å². The molecule has 0 amide bonds. The minimum atomic E-state index is 0.00432. The van der Waals surface area contributed by atoms with Crippen LogP contribution in [-0.4, -0.2) is 19.4 Å². The van der Waals surface area contributed by atoms with Gasteiger partial charge in [0.2, 0.25) is 0 Å². The normalized spacial score (nSPS) is 40.8. The van der Waals surface area contributed by atoms with Crippen LogP contribution in [0.3, 0.4) is 0 Å². The fraction of sp³-hybridized carbons (Fsp3) is 0.952. The van der Waals surface area contributed by atoms with Gasteiger partial charge in [0, 0.05) is 0 Å². The molecule has 0 heterocycles. The lowest BCUT2D eigenvalue weighted by atomic mass is 9.70. The molecule has 3 aliphatic rings. The van der Waals surface area contributed by atoms with Gasteiger partial charge in [-0.25, -0.2) is 0 Å². The van der Waals surface area contributed by atoms with E-state index in [1.165, 1.54) is 25.7 Å². The molecule has 0 aromatic carbocycles. The third kappa shape index (κ3) is 3.38. The molecule has 7 atom stereocenters. The summed E-state index contributed by atoms with van der Waals surface area (Å²) < 4.78 is 11.0. The van der Waals surface area contributed by atoms with Crippen LogP contribution >= 0.6 is 0 Å². The Labute approximate surface area is 147 Å². The Balaban J connectivity index is 1.55. The second-order valence-corrected chi connectivity index (χ2v) is 9.72. The summed E-state index contributed by atoms with van der Waals surface area (Å²) in [5, 5.41) is 0. The molecule has 0 N–H and O–H groups in total. The molecular weight excluding hydrogens is 300 g/mol. The predicted octanol–water partition coefficient (Wildman–Crippen LogP) is 4.89. The van der Waals surface area contributed by atoms with Crippen molar-refractivity contribution in [1.82, 2.24) is 0 Å². The Hall–Kier alpha value is -0.570. The van der Waals surface area contributed by atoms with Gasteiger partial charge in [-0.05, 0) is 60.2 Å². The topological polar surface area (TPSA) is 35.5 Å². The minimum Gasteiger partial charge on any atom is -0.438 e. The van der Waals surface area contributed by atoms with Gasteiger partial charge in [0.15, 0.2) is 6.79 Å². The van der Waals surface area contributed by atoms with Crippen LogP contribution in [-0.2, 0) is 14.3 Å². The Morgan fingerprint density at radius 1 is 1.00 bits per heavy atom. The minimum absolute atomic E-state index is 0.00432. The van der Waals surface area contributed by atoms with Gasteiger partial charge >= 0.3 is 5.97 Å². The summed E-state index contributed by atoms with van der Waals surface area (Å²) in [7, 11) is 0. The molecule has 0 aliphatic heterocycles. The van der Waals surface area contributed by atoms with Crippen molar-refractivity contribution in [2.45, 2.75) is 66.7 Å². The van der Waals surface area contributed by atoms with Gasteiger partial charge in [-0.3, -0.25) is 4.79 Å². The first kappa shape index (κ1) is 18.2. The first-order valence-corrected chi connectivity index (χ1v) is 10.1. The zero-order chi connectivity index (χ0) is 17.5. The summed E-state index contributed by atoms with van der Waals surface area (Å²) in [4.78, 5) is 12.6. The standard InChI is InChI=1S/C21H36O3/c1-6-13-8-14(7-2)19-16-9-15(18(13)19)10-17(16)20(22)24-12-23-11-21(3,4)5/h13-19H,6-12H2,1-5H3. The molecule has 24 heavy (non-hydrogen) atoms. The Bertz CT molecular complexity index is 452. The van der Waals surface area contributed by atoms with Crippen LogP contribution in [0, 0.1) is 46.8 Å². The molecule has 0 radical (unpaired) electrons. The second-order valence-electron chi connectivity index (χ2n) is 9.72. The largest absolute Gasteiger partial charge is 0.438 e. The molecule has 3 heteroatoms. The maximum atomic E-state index is 12.6. The van der Waals surface area contributed by atoms with Crippen LogP contribution < -0.4 is 0 Å². The van der Waals surface area contributed by atoms with E-state index >= 15 is 0 Å². The SMILES string of the molecule is CCC1CC(CC)C2C3CC(CC3C(=O)OCOCC(C)(C)C)C12. The van der Waals surface area contributed by atoms with Gasteiger partial charge in [-0.1, -0.05) is 47.5 Å². The summed E-state index contributed by atoms with van der Waals surface area (Å²) in [6.45, 7) is 11.8. The van der Waals surface area contributed by atoms with Gasteiger partial charge in [-0.2, -0.15) is 0 Å².